The summed E-state index contributed by atoms with van der Waals surface area (Å²) in [7, 11) is 0. The zero-order valence-corrected chi connectivity index (χ0v) is 12.8. The van der Waals surface area contributed by atoms with Crippen molar-refractivity contribution in [1.82, 2.24) is 4.90 Å². The third-order valence-electron chi connectivity index (χ3n) is 8.20. The molecule has 21 heavy (non-hydrogen) atoms. The van der Waals surface area contributed by atoms with Crippen LogP contribution in [-0.4, -0.2) is 30.1 Å². The Morgan fingerprint density at radius 3 is 3.10 bits per heavy atom. The number of nitrogens with zero attached hydrogens (tertiary/aromatic N) is 1. The third-order valence-corrected chi connectivity index (χ3v) is 8.20. The van der Waals surface area contributed by atoms with E-state index in [4.69, 9.17) is 0 Å². The minimum absolute atomic E-state index is 0.439. The molecule has 1 aromatic carbocycles. The lowest BCUT2D eigenvalue weighted by atomic mass is 9.58. The van der Waals surface area contributed by atoms with E-state index in [9.17, 15) is 0 Å². The molecule has 2 nitrogen and oxygen atoms in total. The topological polar surface area (TPSA) is 15.3 Å². The molecule has 1 N–H and O–H groups in total. The second kappa shape index (κ2) is 3.32. The van der Waals surface area contributed by atoms with Crippen LogP contribution in [0.1, 0.15) is 38.2 Å². The van der Waals surface area contributed by atoms with E-state index in [1.54, 1.807) is 5.56 Å². The van der Waals surface area contributed by atoms with Crippen molar-refractivity contribution >= 4 is 5.69 Å². The van der Waals surface area contributed by atoms with Crippen LogP contribution in [-0.2, 0) is 5.41 Å². The number of hydrogen-bond acceptors (Lipinski definition) is 2. The van der Waals surface area contributed by atoms with E-state index < -0.39 is 0 Å². The number of rotatable bonds is 0. The normalized spacial score (nSPS) is 52.4. The Labute approximate surface area is 126 Å². The number of nitrogens with one attached hydrogen (secondary N) is 1. The molecule has 1 spiro atoms. The zero-order valence-electron chi connectivity index (χ0n) is 12.8. The summed E-state index contributed by atoms with van der Waals surface area (Å²) >= 11 is 0. The zero-order chi connectivity index (χ0) is 13.8. The summed E-state index contributed by atoms with van der Waals surface area (Å²) in [5, 5.41) is 3.94. The highest BCUT2D eigenvalue weighted by Gasteiger charge is 2.78. The Kier molecular flexibility index (Phi) is 1.82. The van der Waals surface area contributed by atoms with Crippen LogP contribution in [0.3, 0.4) is 0 Å². The van der Waals surface area contributed by atoms with E-state index in [0.29, 0.717) is 16.9 Å². The molecule has 3 heterocycles. The van der Waals surface area contributed by atoms with Crippen molar-refractivity contribution in [3.8, 4) is 0 Å². The summed E-state index contributed by atoms with van der Waals surface area (Å²) in [5.41, 5.74) is 4.19. The van der Waals surface area contributed by atoms with Gasteiger partial charge in [0.15, 0.2) is 0 Å². The molecule has 1 aromatic rings. The van der Waals surface area contributed by atoms with Gasteiger partial charge in [-0.1, -0.05) is 25.1 Å². The lowest BCUT2D eigenvalue weighted by Gasteiger charge is -2.55. The molecule has 110 valence electrons. The quantitative estimate of drug-likeness (QED) is 0.785. The maximum atomic E-state index is 3.94. The van der Waals surface area contributed by atoms with Gasteiger partial charge in [-0.05, 0) is 61.1 Å². The lowest BCUT2D eigenvalue weighted by molar-refractivity contribution is -0.0436. The molecule has 2 heteroatoms. The average molecular weight is 280 g/mol. The summed E-state index contributed by atoms with van der Waals surface area (Å²) in [6.07, 6.45) is 5.77. The van der Waals surface area contributed by atoms with E-state index >= 15 is 0 Å². The maximum absolute atomic E-state index is 3.94. The SMILES string of the molecule is C[C@@H]1[C@H]2CN3CCC[C@@]14CC[C@H]1Nc5ccccc5[C@@]21[C@@H]34. The molecule has 6 atom stereocenters. The molecule has 0 amide bonds. The Bertz CT molecular complexity index is 640. The minimum Gasteiger partial charge on any atom is -0.381 e. The Morgan fingerprint density at radius 2 is 2.14 bits per heavy atom. The van der Waals surface area contributed by atoms with Gasteiger partial charge in [0, 0.05) is 29.7 Å². The molecule has 3 aliphatic heterocycles. The molecule has 5 aliphatic rings. The molecule has 0 radical (unpaired) electrons. The molecular formula is C19H24N2. The van der Waals surface area contributed by atoms with Crippen LogP contribution >= 0.6 is 0 Å². The van der Waals surface area contributed by atoms with Crippen molar-refractivity contribution in [2.75, 3.05) is 18.4 Å². The van der Waals surface area contributed by atoms with Gasteiger partial charge in [0.2, 0.25) is 0 Å². The number of para-hydroxylation sites is 1. The molecule has 2 aliphatic carbocycles. The number of anilines is 1. The van der Waals surface area contributed by atoms with E-state index in [-0.39, 0.29) is 0 Å². The van der Waals surface area contributed by atoms with Gasteiger partial charge >= 0.3 is 0 Å². The first-order valence-corrected chi connectivity index (χ1v) is 8.88. The highest BCUT2D eigenvalue weighted by atomic mass is 15.3. The van der Waals surface area contributed by atoms with E-state index in [0.717, 1.165) is 17.9 Å². The summed E-state index contributed by atoms with van der Waals surface area (Å²) < 4.78 is 0. The first-order valence-electron chi connectivity index (χ1n) is 8.88. The van der Waals surface area contributed by atoms with Crippen molar-refractivity contribution in [2.45, 2.75) is 50.1 Å². The van der Waals surface area contributed by atoms with E-state index in [2.05, 4.69) is 41.4 Å². The first kappa shape index (κ1) is 11.5. The number of hydrogen-bond donors (Lipinski definition) is 1. The van der Waals surface area contributed by atoms with Crippen LogP contribution < -0.4 is 5.32 Å². The largest absolute Gasteiger partial charge is 0.381 e. The van der Waals surface area contributed by atoms with Crippen LogP contribution in [0.2, 0.25) is 0 Å². The second-order valence-electron chi connectivity index (χ2n) is 8.34. The Balaban J connectivity index is 1.67. The fraction of sp³-hybridized carbons (Fsp3) is 0.684. The second-order valence-corrected chi connectivity index (χ2v) is 8.34. The van der Waals surface area contributed by atoms with Crippen molar-refractivity contribution in [2.24, 2.45) is 17.3 Å². The predicted molar refractivity (Wildman–Crippen MR) is 84.4 cm³/mol. The number of piperidine rings is 2. The molecule has 4 bridgehead atoms. The highest BCUT2D eigenvalue weighted by molar-refractivity contribution is 5.66. The lowest BCUT2D eigenvalue weighted by Crippen LogP contribution is -2.61. The van der Waals surface area contributed by atoms with Gasteiger partial charge in [0.05, 0.1) is 0 Å². The molecule has 0 aromatic heterocycles. The van der Waals surface area contributed by atoms with Crippen LogP contribution in [0, 0.1) is 17.3 Å². The van der Waals surface area contributed by atoms with E-state index in [1.807, 2.05) is 0 Å². The van der Waals surface area contributed by atoms with Gasteiger partial charge in [0.1, 0.15) is 0 Å². The van der Waals surface area contributed by atoms with Crippen molar-refractivity contribution in [1.29, 1.82) is 0 Å². The number of benzene rings is 1. The van der Waals surface area contributed by atoms with Crippen molar-refractivity contribution < 1.29 is 0 Å². The van der Waals surface area contributed by atoms with Crippen LogP contribution in [0.4, 0.5) is 5.69 Å². The molecule has 2 saturated carbocycles. The Morgan fingerprint density at radius 1 is 1.24 bits per heavy atom. The van der Waals surface area contributed by atoms with Gasteiger partial charge in [-0.15, -0.1) is 0 Å². The fourth-order valence-electron chi connectivity index (χ4n) is 7.76. The Hall–Kier alpha value is -1.02. The third kappa shape index (κ3) is 0.973. The average Bonchev–Trinajstić information content (AvgIpc) is 3.08. The van der Waals surface area contributed by atoms with Crippen molar-refractivity contribution in [3.05, 3.63) is 29.8 Å². The molecule has 6 rings (SSSR count). The van der Waals surface area contributed by atoms with Gasteiger partial charge in [0.25, 0.3) is 0 Å². The first-order chi connectivity index (χ1) is 10.3. The summed E-state index contributed by atoms with van der Waals surface area (Å²) in [5.74, 6) is 1.79. The number of fused-ring (bicyclic) bond motifs is 1. The van der Waals surface area contributed by atoms with Gasteiger partial charge in [-0.2, -0.15) is 0 Å². The molecule has 4 fully saturated rings. The maximum Gasteiger partial charge on any atom is 0.0382 e. The van der Waals surface area contributed by atoms with Crippen LogP contribution in [0.25, 0.3) is 0 Å². The molecule has 2 saturated heterocycles. The van der Waals surface area contributed by atoms with Crippen LogP contribution in [0.5, 0.6) is 0 Å². The summed E-state index contributed by atoms with van der Waals surface area (Å²) in [6, 6.07) is 10.8. The summed E-state index contributed by atoms with van der Waals surface area (Å²) in [6.45, 7) is 5.31. The monoisotopic (exact) mass is 280 g/mol. The predicted octanol–water partition coefficient (Wildman–Crippen LogP) is 3.24. The minimum atomic E-state index is 0.439. The molecular weight excluding hydrogens is 256 g/mol. The van der Waals surface area contributed by atoms with Gasteiger partial charge in [-0.3, -0.25) is 4.90 Å². The fourth-order valence-corrected chi connectivity index (χ4v) is 7.76. The summed E-state index contributed by atoms with van der Waals surface area (Å²) in [4.78, 5) is 2.89. The van der Waals surface area contributed by atoms with Gasteiger partial charge < -0.3 is 5.32 Å². The van der Waals surface area contributed by atoms with Gasteiger partial charge in [-0.25, -0.2) is 0 Å². The van der Waals surface area contributed by atoms with Crippen molar-refractivity contribution in [3.63, 3.8) is 0 Å². The van der Waals surface area contributed by atoms with Crippen LogP contribution in [0.15, 0.2) is 24.3 Å². The van der Waals surface area contributed by atoms with E-state index in [1.165, 1.54) is 44.5 Å². The highest BCUT2D eigenvalue weighted by Crippen LogP contribution is 2.74. The standard InChI is InChI=1S/C19H24N2/c1-12-14-11-21-10-4-8-18(12)9-7-16-19(14,17(18)21)13-5-2-3-6-15(13)20-16/h2-3,5-6,12,14,16-17,20H,4,7-11H2,1H3/t12-,14-,16-,17+,18-,19-/m1/s1. The molecule has 0 unspecified atom stereocenters. The smallest absolute Gasteiger partial charge is 0.0382 e.